The van der Waals surface area contributed by atoms with Gasteiger partial charge in [-0.25, -0.2) is 0 Å². The molecular weight excluding hydrogens is 276 g/mol. The van der Waals surface area contributed by atoms with Crippen LogP contribution in [0.2, 0.25) is 0 Å². The van der Waals surface area contributed by atoms with Crippen LogP contribution in [0.3, 0.4) is 0 Å². The average molecular weight is 298 g/mol. The lowest BCUT2D eigenvalue weighted by molar-refractivity contribution is -0.135. The van der Waals surface area contributed by atoms with Crippen LogP contribution in [0.15, 0.2) is 28.9 Å². The third-order valence-electron chi connectivity index (χ3n) is 6.29. The Kier molecular flexibility index (Phi) is 2.63. The second-order valence-electron chi connectivity index (χ2n) is 7.29. The molecule has 4 heterocycles. The SMILES string of the molecule is O=C1CCC/C=C\[C@H]2C[C@]34CNCC[C@H]3c3ccoc3[C@@H]4N12. The topological polar surface area (TPSA) is 45.5 Å². The van der Waals surface area contributed by atoms with Gasteiger partial charge < -0.3 is 14.6 Å². The summed E-state index contributed by atoms with van der Waals surface area (Å²) in [5.74, 6) is 1.92. The van der Waals surface area contributed by atoms with Crippen molar-refractivity contribution in [1.82, 2.24) is 10.2 Å². The van der Waals surface area contributed by atoms with Crippen LogP contribution in [-0.4, -0.2) is 29.9 Å². The Morgan fingerprint density at radius 1 is 1.41 bits per heavy atom. The third kappa shape index (κ3) is 1.49. The molecule has 4 heteroatoms. The van der Waals surface area contributed by atoms with E-state index >= 15 is 0 Å². The molecule has 0 unspecified atom stereocenters. The standard InChI is InChI=1S/C18H22N2O2/c21-15-5-3-1-2-4-12-10-18-11-19-8-6-14(18)13-7-9-22-16(13)17(18)20(12)15/h2,4,7,9,12,14,17,19H,1,3,5-6,8,10-11H2/b4-2-/t12-,14-,17-,18-/m0/s1. The number of furan rings is 1. The van der Waals surface area contributed by atoms with E-state index in [2.05, 4.69) is 28.4 Å². The maximum atomic E-state index is 12.8. The first-order valence-electron chi connectivity index (χ1n) is 8.57. The molecule has 1 N–H and O–H groups in total. The van der Waals surface area contributed by atoms with Gasteiger partial charge in [-0.1, -0.05) is 12.2 Å². The van der Waals surface area contributed by atoms with E-state index in [4.69, 9.17) is 4.42 Å². The monoisotopic (exact) mass is 298 g/mol. The fourth-order valence-electron chi connectivity index (χ4n) is 5.48. The van der Waals surface area contributed by atoms with Crippen molar-refractivity contribution >= 4 is 5.91 Å². The van der Waals surface area contributed by atoms with Crippen LogP contribution in [-0.2, 0) is 4.79 Å². The second kappa shape index (κ2) is 4.48. The van der Waals surface area contributed by atoms with E-state index in [1.807, 2.05) is 6.26 Å². The maximum absolute atomic E-state index is 12.8. The van der Waals surface area contributed by atoms with Crippen LogP contribution in [0.4, 0.5) is 0 Å². The number of rotatable bonds is 0. The number of carbonyl (C=O) groups is 1. The van der Waals surface area contributed by atoms with Crippen LogP contribution in [0.5, 0.6) is 0 Å². The number of fused-ring (bicyclic) bond motifs is 5. The largest absolute Gasteiger partial charge is 0.467 e. The first kappa shape index (κ1) is 12.9. The summed E-state index contributed by atoms with van der Waals surface area (Å²) in [4.78, 5) is 15.0. The van der Waals surface area contributed by atoms with Gasteiger partial charge in [-0.3, -0.25) is 4.79 Å². The molecule has 116 valence electrons. The van der Waals surface area contributed by atoms with Gasteiger partial charge in [0.25, 0.3) is 0 Å². The summed E-state index contributed by atoms with van der Waals surface area (Å²) in [6.45, 7) is 2.07. The number of amides is 1. The van der Waals surface area contributed by atoms with Crippen LogP contribution >= 0.6 is 0 Å². The second-order valence-corrected chi connectivity index (χ2v) is 7.29. The highest BCUT2D eigenvalue weighted by molar-refractivity contribution is 5.78. The lowest BCUT2D eigenvalue weighted by Gasteiger charge is -2.40. The highest BCUT2D eigenvalue weighted by Crippen LogP contribution is 2.65. The highest BCUT2D eigenvalue weighted by atomic mass is 16.3. The van der Waals surface area contributed by atoms with E-state index in [1.54, 1.807) is 0 Å². The molecule has 2 fully saturated rings. The zero-order valence-corrected chi connectivity index (χ0v) is 12.8. The van der Waals surface area contributed by atoms with Gasteiger partial charge in [-0.05, 0) is 49.8 Å². The molecule has 1 aromatic rings. The molecule has 3 aliphatic heterocycles. The van der Waals surface area contributed by atoms with Crippen LogP contribution in [0.1, 0.15) is 55.4 Å². The average Bonchev–Trinajstić information content (AvgIpc) is 3.13. The normalized spacial score (nSPS) is 41.2. The van der Waals surface area contributed by atoms with E-state index in [0.29, 0.717) is 18.2 Å². The van der Waals surface area contributed by atoms with E-state index in [-0.39, 0.29) is 17.5 Å². The zero-order chi connectivity index (χ0) is 14.7. The highest BCUT2D eigenvalue weighted by Gasteiger charge is 2.64. The Morgan fingerprint density at radius 3 is 3.32 bits per heavy atom. The van der Waals surface area contributed by atoms with Gasteiger partial charge >= 0.3 is 0 Å². The number of piperidine rings is 1. The molecule has 5 rings (SSSR count). The van der Waals surface area contributed by atoms with Crippen molar-refractivity contribution in [3.05, 3.63) is 35.8 Å². The number of allylic oxidation sites excluding steroid dienone is 1. The van der Waals surface area contributed by atoms with Crippen LogP contribution < -0.4 is 5.32 Å². The summed E-state index contributed by atoms with van der Waals surface area (Å²) in [5.41, 5.74) is 1.51. The summed E-state index contributed by atoms with van der Waals surface area (Å²) in [6.07, 6.45) is 11.3. The molecule has 1 amide bonds. The summed E-state index contributed by atoms with van der Waals surface area (Å²) in [7, 11) is 0. The van der Waals surface area contributed by atoms with Crippen molar-refractivity contribution in [2.45, 2.75) is 50.1 Å². The van der Waals surface area contributed by atoms with E-state index in [0.717, 1.165) is 44.5 Å². The summed E-state index contributed by atoms with van der Waals surface area (Å²) in [5, 5.41) is 3.60. The molecule has 0 bridgehead atoms. The third-order valence-corrected chi connectivity index (χ3v) is 6.29. The van der Waals surface area contributed by atoms with Gasteiger partial charge in [-0.2, -0.15) is 0 Å². The van der Waals surface area contributed by atoms with Crippen molar-refractivity contribution in [2.75, 3.05) is 13.1 Å². The van der Waals surface area contributed by atoms with Gasteiger partial charge in [0.2, 0.25) is 5.91 Å². The van der Waals surface area contributed by atoms with Gasteiger partial charge in [-0.15, -0.1) is 0 Å². The maximum Gasteiger partial charge on any atom is 0.223 e. The number of nitrogens with one attached hydrogen (secondary N) is 1. The lowest BCUT2D eigenvalue weighted by Crippen LogP contribution is -2.45. The lowest BCUT2D eigenvalue weighted by atomic mass is 9.69. The molecule has 1 aromatic heterocycles. The Hall–Kier alpha value is -1.55. The minimum Gasteiger partial charge on any atom is -0.467 e. The molecule has 0 aromatic carbocycles. The Labute approximate surface area is 130 Å². The number of hydrogen-bond acceptors (Lipinski definition) is 3. The van der Waals surface area contributed by atoms with Crippen molar-refractivity contribution in [2.24, 2.45) is 5.41 Å². The van der Waals surface area contributed by atoms with Gasteiger partial charge in [0.15, 0.2) is 0 Å². The molecule has 1 spiro atoms. The molecule has 4 aliphatic rings. The van der Waals surface area contributed by atoms with Gasteiger partial charge in [0.1, 0.15) is 5.76 Å². The molecule has 4 atom stereocenters. The summed E-state index contributed by atoms with van der Waals surface area (Å²) < 4.78 is 5.90. The minimum absolute atomic E-state index is 0.135. The minimum atomic E-state index is 0.135. The molecule has 2 saturated heterocycles. The number of carbonyl (C=O) groups excluding carboxylic acids is 1. The van der Waals surface area contributed by atoms with Crippen molar-refractivity contribution in [1.29, 1.82) is 0 Å². The smallest absolute Gasteiger partial charge is 0.223 e. The fourth-order valence-corrected chi connectivity index (χ4v) is 5.48. The number of hydrogen-bond donors (Lipinski definition) is 1. The van der Waals surface area contributed by atoms with Crippen molar-refractivity contribution in [3.63, 3.8) is 0 Å². The van der Waals surface area contributed by atoms with Crippen molar-refractivity contribution in [3.8, 4) is 0 Å². The van der Waals surface area contributed by atoms with Crippen LogP contribution in [0, 0.1) is 5.41 Å². The van der Waals surface area contributed by atoms with Gasteiger partial charge in [0, 0.05) is 18.4 Å². The Balaban J connectivity index is 1.67. The predicted molar refractivity (Wildman–Crippen MR) is 82.4 cm³/mol. The summed E-state index contributed by atoms with van der Waals surface area (Å²) >= 11 is 0. The number of nitrogens with zero attached hydrogens (tertiary/aromatic N) is 1. The molecule has 0 radical (unpaired) electrons. The van der Waals surface area contributed by atoms with E-state index in [1.165, 1.54) is 5.56 Å². The van der Waals surface area contributed by atoms with Gasteiger partial charge in [0.05, 0.1) is 18.3 Å². The molecule has 1 aliphatic carbocycles. The van der Waals surface area contributed by atoms with E-state index < -0.39 is 0 Å². The molecule has 4 nitrogen and oxygen atoms in total. The summed E-state index contributed by atoms with van der Waals surface area (Å²) in [6, 6.07) is 2.53. The molecule has 22 heavy (non-hydrogen) atoms. The molecular formula is C18H22N2O2. The predicted octanol–water partition coefficient (Wildman–Crippen LogP) is 2.74. The first-order chi connectivity index (χ1) is 10.8. The quantitative estimate of drug-likeness (QED) is 0.749. The Bertz CT molecular complexity index is 649. The Morgan fingerprint density at radius 2 is 2.36 bits per heavy atom. The zero-order valence-electron chi connectivity index (χ0n) is 12.8. The van der Waals surface area contributed by atoms with E-state index in [9.17, 15) is 4.79 Å². The van der Waals surface area contributed by atoms with Crippen LogP contribution in [0.25, 0.3) is 0 Å². The molecule has 0 saturated carbocycles. The first-order valence-corrected chi connectivity index (χ1v) is 8.57. The fraction of sp³-hybridized carbons (Fsp3) is 0.611. The van der Waals surface area contributed by atoms with Crippen molar-refractivity contribution < 1.29 is 9.21 Å².